The third kappa shape index (κ3) is 2.36. The van der Waals surface area contributed by atoms with Crippen LogP contribution in [0.15, 0.2) is 15.8 Å². The maximum Gasteiger partial charge on any atom is 0.290 e. The molecule has 0 fully saturated rings. The number of pyridine rings is 1. The molecule has 0 spiro atoms. The lowest BCUT2D eigenvalue weighted by atomic mass is 10.3. The molecule has 1 rings (SSSR count). The number of primary sulfonamides is 1. The molecule has 0 radical (unpaired) electrons. The van der Waals surface area contributed by atoms with Crippen LogP contribution >= 0.6 is 0 Å². The maximum atomic E-state index is 12.4. The van der Waals surface area contributed by atoms with E-state index in [-0.39, 0.29) is 0 Å². The summed E-state index contributed by atoms with van der Waals surface area (Å²) in [6.45, 7) is 0. The molecule has 1 aromatic heterocycles. The number of alkyl halides is 2. The summed E-state index contributed by atoms with van der Waals surface area (Å²) in [6, 6.07) is 0.662. The second-order valence-corrected chi connectivity index (χ2v) is 4.32. The van der Waals surface area contributed by atoms with Crippen LogP contribution in [0.3, 0.4) is 0 Å². The van der Waals surface area contributed by atoms with Gasteiger partial charge in [0.1, 0.15) is 10.6 Å². The highest BCUT2D eigenvalue weighted by atomic mass is 32.2. The molecule has 0 aliphatic rings. The summed E-state index contributed by atoms with van der Waals surface area (Å²) in [4.78, 5) is 12.0. The average Bonchev–Trinajstić information content (AvgIpc) is 2.15. The fraction of sp³-hybridized carbons (Fsp3) is 0.286. The molecule has 0 atom stereocenters. The molecule has 0 unspecified atom stereocenters. The van der Waals surface area contributed by atoms with E-state index in [1.807, 2.05) is 0 Å². The quantitative estimate of drug-likeness (QED) is 0.790. The minimum atomic E-state index is -4.36. The Labute approximate surface area is 89.1 Å². The van der Waals surface area contributed by atoms with Gasteiger partial charge < -0.3 is 9.72 Å². The number of nitrogens with one attached hydrogen (secondary N) is 1. The van der Waals surface area contributed by atoms with E-state index >= 15 is 0 Å². The number of ether oxygens (including phenoxy) is 1. The average molecular weight is 254 g/mol. The maximum absolute atomic E-state index is 12.4. The Balaban J connectivity index is 3.63. The van der Waals surface area contributed by atoms with Gasteiger partial charge in [0.05, 0.1) is 7.11 Å². The Hall–Kier alpha value is -1.48. The van der Waals surface area contributed by atoms with Gasteiger partial charge in [0.25, 0.3) is 12.0 Å². The van der Waals surface area contributed by atoms with Crippen molar-refractivity contribution in [3.05, 3.63) is 22.1 Å². The molecule has 0 aliphatic carbocycles. The van der Waals surface area contributed by atoms with Crippen LogP contribution in [-0.4, -0.2) is 20.5 Å². The molecule has 16 heavy (non-hydrogen) atoms. The number of hydrogen-bond acceptors (Lipinski definition) is 4. The van der Waals surface area contributed by atoms with Crippen LogP contribution < -0.4 is 15.4 Å². The van der Waals surface area contributed by atoms with Crippen LogP contribution in [0.1, 0.15) is 12.1 Å². The second kappa shape index (κ2) is 4.18. The lowest BCUT2D eigenvalue weighted by Crippen LogP contribution is -2.21. The van der Waals surface area contributed by atoms with Crippen LogP contribution in [0.5, 0.6) is 5.75 Å². The van der Waals surface area contributed by atoms with E-state index in [0.717, 1.165) is 7.11 Å². The zero-order valence-electron chi connectivity index (χ0n) is 8.03. The molecular formula is C7H8F2N2O4S. The van der Waals surface area contributed by atoms with Crippen molar-refractivity contribution in [3.63, 3.8) is 0 Å². The predicted molar refractivity (Wildman–Crippen MR) is 49.9 cm³/mol. The fourth-order valence-electron chi connectivity index (χ4n) is 1.06. The first kappa shape index (κ1) is 12.6. The van der Waals surface area contributed by atoms with Crippen molar-refractivity contribution in [3.8, 4) is 5.75 Å². The van der Waals surface area contributed by atoms with E-state index in [4.69, 9.17) is 5.14 Å². The highest BCUT2D eigenvalue weighted by Gasteiger charge is 2.23. The summed E-state index contributed by atoms with van der Waals surface area (Å²) in [7, 11) is -3.26. The Bertz CT molecular complexity index is 552. The summed E-state index contributed by atoms with van der Waals surface area (Å²) in [5.41, 5.74) is -2.00. The first-order valence-corrected chi connectivity index (χ1v) is 5.44. The van der Waals surface area contributed by atoms with Gasteiger partial charge in [-0.25, -0.2) is 22.3 Å². The summed E-state index contributed by atoms with van der Waals surface area (Å²) in [5, 5.41) is 4.73. The highest BCUT2D eigenvalue weighted by Crippen LogP contribution is 2.24. The number of aromatic amines is 1. The van der Waals surface area contributed by atoms with Crippen molar-refractivity contribution < 1.29 is 21.9 Å². The van der Waals surface area contributed by atoms with Crippen LogP contribution in [0.2, 0.25) is 0 Å². The number of rotatable bonds is 3. The van der Waals surface area contributed by atoms with Gasteiger partial charge >= 0.3 is 0 Å². The predicted octanol–water partition coefficient (Wildman–Crippen LogP) is -0.0315. The van der Waals surface area contributed by atoms with Gasteiger partial charge in [-0.1, -0.05) is 0 Å². The molecular weight excluding hydrogens is 246 g/mol. The Morgan fingerprint density at radius 2 is 2.06 bits per heavy atom. The van der Waals surface area contributed by atoms with Gasteiger partial charge in [0.15, 0.2) is 5.75 Å². The van der Waals surface area contributed by atoms with Crippen molar-refractivity contribution >= 4 is 10.0 Å². The van der Waals surface area contributed by atoms with Gasteiger partial charge in [0, 0.05) is 6.07 Å². The first-order chi connectivity index (χ1) is 7.27. The molecule has 1 heterocycles. The number of sulfonamides is 1. The summed E-state index contributed by atoms with van der Waals surface area (Å²) in [5.74, 6) is -0.409. The zero-order valence-corrected chi connectivity index (χ0v) is 8.85. The normalized spacial score (nSPS) is 11.8. The Kier molecular flexibility index (Phi) is 3.29. The molecule has 0 bridgehead atoms. The van der Waals surface area contributed by atoms with E-state index < -0.39 is 38.3 Å². The highest BCUT2D eigenvalue weighted by molar-refractivity contribution is 7.89. The minimum Gasteiger partial charge on any atom is -0.491 e. The number of methoxy groups -OCH3 is 1. The van der Waals surface area contributed by atoms with Crippen molar-refractivity contribution in [2.24, 2.45) is 5.14 Å². The van der Waals surface area contributed by atoms with Crippen LogP contribution in [0, 0.1) is 0 Å². The number of H-pyrrole nitrogens is 1. The van der Waals surface area contributed by atoms with E-state index in [0.29, 0.717) is 6.07 Å². The van der Waals surface area contributed by atoms with Crippen molar-refractivity contribution in [2.45, 2.75) is 11.3 Å². The fourth-order valence-corrected chi connectivity index (χ4v) is 1.77. The van der Waals surface area contributed by atoms with Gasteiger partial charge in [-0.15, -0.1) is 0 Å². The topological polar surface area (TPSA) is 102 Å². The van der Waals surface area contributed by atoms with Gasteiger partial charge in [-0.2, -0.15) is 0 Å². The third-order valence-corrected chi connectivity index (χ3v) is 2.70. The smallest absolute Gasteiger partial charge is 0.290 e. The standard InChI is InChI=1S/C7H8F2N2O4S/c1-15-3-2-4(16(10,13)14)5(6(8)9)11-7(3)12/h2,6H,1H3,(H,11,12)(H2,10,13,14). The number of nitrogens with two attached hydrogens (primary N) is 1. The molecule has 0 aliphatic heterocycles. The van der Waals surface area contributed by atoms with Gasteiger partial charge in [-0.3, -0.25) is 4.79 Å². The number of aromatic nitrogens is 1. The van der Waals surface area contributed by atoms with Gasteiger partial charge in [-0.05, 0) is 0 Å². The summed E-state index contributed by atoms with van der Waals surface area (Å²) >= 11 is 0. The monoisotopic (exact) mass is 254 g/mol. The second-order valence-electron chi connectivity index (χ2n) is 2.79. The zero-order chi connectivity index (χ0) is 12.5. The Morgan fingerprint density at radius 1 is 1.50 bits per heavy atom. The molecule has 0 saturated carbocycles. The van der Waals surface area contributed by atoms with Crippen molar-refractivity contribution in [1.29, 1.82) is 0 Å². The molecule has 0 saturated heterocycles. The molecule has 9 heteroatoms. The molecule has 0 aromatic carbocycles. The van der Waals surface area contributed by atoms with E-state index in [9.17, 15) is 22.0 Å². The van der Waals surface area contributed by atoms with Crippen molar-refractivity contribution in [1.82, 2.24) is 4.98 Å². The molecule has 6 nitrogen and oxygen atoms in total. The number of hydrogen-bond donors (Lipinski definition) is 2. The molecule has 1 aromatic rings. The van der Waals surface area contributed by atoms with E-state index in [1.54, 1.807) is 4.98 Å². The van der Waals surface area contributed by atoms with Crippen LogP contribution in [0.4, 0.5) is 8.78 Å². The summed E-state index contributed by atoms with van der Waals surface area (Å²) < 4.78 is 51.4. The largest absolute Gasteiger partial charge is 0.491 e. The lowest BCUT2D eigenvalue weighted by Gasteiger charge is -2.08. The van der Waals surface area contributed by atoms with E-state index in [1.165, 1.54) is 0 Å². The molecule has 3 N–H and O–H groups in total. The molecule has 0 amide bonds. The van der Waals surface area contributed by atoms with Gasteiger partial charge in [0.2, 0.25) is 10.0 Å². The lowest BCUT2D eigenvalue weighted by molar-refractivity contribution is 0.141. The third-order valence-electron chi connectivity index (χ3n) is 1.74. The van der Waals surface area contributed by atoms with Crippen LogP contribution in [-0.2, 0) is 10.0 Å². The van der Waals surface area contributed by atoms with Crippen molar-refractivity contribution in [2.75, 3.05) is 7.11 Å². The minimum absolute atomic E-state index is 0.409. The number of halogens is 2. The summed E-state index contributed by atoms with van der Waals surface area (Å²) in [6.07, 6.45) is -3.16. The molecule has 90 valence electrons. The van der Waals surface area contributed by atoms with E-state index in [2.05, 4.69) is 4.74 Å². The SMILES string of the molecule is COc1cc(S(N)(=O)=O)c(C(F)F)[nH]c1=O. The Morgan fingerprint density at radius 3 is 2.44 bits per heavy atom. The van der Waals surface area contributed by atoms with Crippen LogP contribution in [0.25, 0.3) is 0 Å². The first-order valence-electron chi connectivity index (χ1n) is 3.89.